The zero-order chi connectivity index (χ0) is 10.5. The second-order valence-corrected chi connectivity index (χ2v) is 3.29. The molecule has 0 amide bonds. The molecule has 0 aromatic carbocycles. The molecule has 0 aliphatic carbocycles. The SMILES string of the molecule is CCNCc1coc(Cn2cncn2)c1. The van der Waals surface area contributed by atoms with E-state index in [9.17, 15) is 0 Å². The van der Waals surface area contributed by atoms with Crippen LogP contribution in [0.15, 0.2) is 29.4 Å². The Kier molecular flexibility index (Phi) is 3.14. The second-order valence-electron chi connectivity index (χ2n) is 3.29. The lowest BCUT2D eigenvalue weighted by molar-refractivity contribution is 0.477. The highest BCUT2D eigenvalue weighted by Gasteiger charge is 2.02. The number of hydrogen-bond donors (Lipinski definition) is 1. The Hall–Kier alpha value is -1.62. The maximum absolute atomic E-state index is 5.41. The Bertz CT molecular complexity index is 393. The summed E-state index contributed by atoms with van der Waals surface area (Å²) >= 11 is 0. The van der Waals surface area contributed by atoms with Crippen molar-refractivity contribution in [1.29, 1.82) is 0 Å². The van der Waals surface area contributed by atoms with Crippen LogP contribution < -0.4 is 5.32 Å². The van der Waals surface area contributed by atoms with Gasteiger partial charge in [0.25, 0.3) is 0 Å². The number of nitrogens with zero attached hydrogens (tertiary/aromatic N) is 3. The third-order valence-electron chi connectivity index (χ3n) is 2.07. The molecule has 0 saturated carbocycles. The molecule has 2 aromatic rings. The van der Waals surface area contributed by atoms with Gasteiger partial charge in [-0.3, -0.25) is 0 Å². The Morgan fingerprint density at radius 2 is 2.47 bits per heavy atom. The van der Waals surface area contributed by atoms with Crippen molar-refractivity contribution < 1.29 is 4.42 Å². The fourth-order valence-electron chi connectivity index (χ4n) is 1.35. The van der Waals surface area contributed by atoms with Crippen LogP contribution in [0.2, 0.25) is 0 Å². The second kappa shape index (κ2) is 4.75. The topological polar surface area (TPSA) is 55.9 Å². The predicted molar refractivity (Wildman–Crippen MR) is 55.2 cm³/mol. The molecule has 80 valence electrons. The molecule has 5 nitrogen and oxygen atoms in total. The summed E-state index contributed by atoms with van der Waals surface area (Å²) in [4.78, 5) is 3.87. The van der Waals surface area contributed by atoms with Crippen molar-refractivity contribution >= 4 is 0 Å². The standard InChI is InChI=1S/C10H14N4O/c1-2-11-4-9-3-10(15-6-9)5-14-8-12-7-13-14/h3,6-8,11H,2,4-5H2,1H3. The first-order valence-electron chi connectivity index (χ1n) is 4.98. The predicted octanol–water partition coefficient (Wildman–Crippen LogP) is 1.03. The highest BCUT2D eigenvalue weighted by molar-refractivity contribution is 5.12. The lowest BCUT2D eigenvalue weighted by Crippen LogP contribution is -2.10. The number of nitrogens with one attached hydrogen (secondary N) is 1. The summed E-state index contributed by atoms with van der Waals surface area (Å²) in [5.41, 5.74) is 1.16. The largest absolute Gasteiger partial charge is 0.467 e. The number of aromatic nitrogens is 3. The fourth-order valence-corrected chi connectivity index (χ4v) is 1.35. The number of rotatable bonds is 5. The number of furan rings is 1. The molecule has 0 radical (unpaired) electrons. The average molecular weight is 206 g/mol. The molecule has 15 heavy (non-hydrogen) atoms. The first kappa shape index (κ1) is 9.92. The van der Waals surface area contributed by atoms with E-state index in [1.807, 2.05) is 6.07 Å². The van der Waals surface area contributed by atoms with Crippen molar-refractivity contribution in [3.8, 4) is 0 Å². The molecule has 0 fully saturated rings. The molecule has 2 rings (SSSR count). The minimum atomic E-state index is 0.631. The highest BCUT2D eigenvalue weighted by Crippen LogP contribution is 2.08. The Labute approximate surface area is 88.1 Å². The Morgan fingerprint density at radius 3 is 3.20 bits per heavy atom. The lowest BCUT2D eigenvalue weighted by atomic mass is 10.3. The maximum Gasteiger partial charge on any atom is 0.137 e. The summed E-state index contributed by atoms with van der Waals surface area (Å²) in [5, 5.41) is 7.25. The summed E-state index contributed by atoms with van der Waals surface area (Å²) in [5.74, 6) is 0.897. The summed E-state index contributed by atoms with van der Waals surface area (Å²) in [6, 6.07) is 2.03. The van der Waals surface area contributed by atoms with Gasteiger partial charge in [-0.25, -0.2) is 9.67 Å². The van der Waals surface area contributed by atoms with Gasteiger partial charge in [0.1, 0.15) is 25.0 Å². The van der Waals surface area contributed by atoms with Crippen molar-refractivity contribution in [2.45, 2.75) is 20.0 Å². The number of hydrogen-bond acceptors (Lipinski definition) is 4. The zero-order valence-electron chi connectivity index (χ0n) is 8.68. The molecule has 1 N–H and O–H groups in total. The van der Waals surface area contributed by atoms with Gasteiger partial charge >= 0.3 is 0 Å². The molecule has 2 aromatic heterocycles. The van der Waals surface area contributed by atoms with Crippen molar-refractivity contribution in [2.75, 3.05) is 6.54 Å². The fraction of sp³-hybridized carbons (Fsp3) is 0.400. The van der Waals surface area contributed by atoms with E-state index in [-0.39, 0.29) is 0 Å². The van der Waals surface area contributed by atoms with Gasteiger partial charge < -0.3 is 9.73 Å². The third kappa shape index (κ3) is 2.66. The van der Waals surface area contributed by atoms with E-state index in [2.05, 4.69) is 22.3 Å². The van der Waals surface area contributed by atoms with E-state index in [4.69, 9.17) is 4.42 Å². The molecule has 0 aliphatic heterocycles. The van der Waals surface area contributed by atoms with Gasteiger partial charge in [-0.15, -0.1) is 0 Å². The van der Waals surface area contributed by atoms with Gasteiger partial charge in [0.15, 0.2) is 0 Å². The molecular weight excluding hydrogens is 192 g/mol. The summed E-state index contributed by atoms with van der Waals surface area (Å²) < 4.78 is 7.14. The quantitative estimate of drug-likeness (QED) is 0.793. The van der Waals surface area contributed by atoms with Crippen LogP contribution in [0, 0.1) is 0 Å². The van der Waals surface area contributed by atoms with Gasteiger partial charge in [0.2, 0.25) is 0 Å². The molecule has 2 heterocycles. The van der Waals surface area contributed by atoms with E-state index in [0.717, 1.165) is 24.4 Å². The monoisotopic (exact) mass is 206 g/mol. The maximum atomic E-state index is 5.41. The van der Waals surface area contributed by atoms with Gasteiger partial charge in [-0.2, -0.15) is 5.10 Å². The molecule has 0 spiro atoms. The van der Waals surface area contributed by atoms with Crippen LogP contribution in [-0.4, -0.2) is 21.3 Å². The molecule has 0 bridgehead atoms. The van der Waals surface area contributed by atoms with Gasteiger partial charge in [0, 0.05) is 12.1 Å². The summed E-state index contributed by atoms with van der Waals surface area (Å²) in [7, 11) is 0. The Morgan fingerprint density at radius 1 is 1.53 bits per heavy atom. The molecular formula is C10H14N4O. The van der Waals surface area contributed by atoms with E-state index in [1.54, 1.807) is 17.3 Å². The Balaban J connectivity index is 1.95. The van der Waals surface area contributed by atoms with Crippen LogP contribution in [0.4, 0.5) is 0 Å². The molecule has 0 saturated heterocycles. The van der Waals surface area contributed by atoms with Crippen LogP contribution in [0.3, 0.4) is 0 Å². The first-order chi connectivity index (χ1) is 7.38. The van der Waals surface area contributed by atoms with E-state index in [0.29, 0.717) is 6.54 Å². The van der Waals surface area contributed by atoms with Crippen LogP contribution in [0.25, 0.3) is 0 Å². The molecule has 0 aliphatic rings. The lowest BCUT2D eigenvalue weighted by Gasteiger charge is -1.95. The van der Waals surface area contributed by atoms with E-state index in [1.165, 1.54) is 6.33 Å². The van der Waals surface area contributed by atoms with Gasteiger partial charge in [0.05, 0.1) is 6.26 Å². The third-order valence-corrected chi connectivity index (χ3v) is 2.07. The van der Waals surface area contributed by atoms with Gasteiger partial charge in [-0.1, -0.05) is 6.92 Å². The van der Waals surface area contributed by atoms with E-state index < -0.39 is 0 Å². The van der Waals surface area contributed by atoms with Crippen molar-refractivity contribution in [3.63, 3.8) is 0 Å². The first-order valence-corrected chi connectivity index (χ1v) is 4.98. The van der Waals surface area contributed by atoms with Crippen LogP contribution >= 0.6 is 0 Å². The van der Waals surface area contributed by atoms with Crippen molar-refractivity contribution in [1.82, 2.24) is 20.1 Å². The van der Waals surface area contributed by atoms with Crippen LogP contribution in [0.5, 0.6) is 0 Å². The van der Waals surface area contributed by atoms with Gasteiger partial charge in [-0.05, 0) is 12.6 Å². The smallest absolute Gasteiger partial charge is 0.137 e. The molecule has 0 atom stereocenters. The van der Waals surface area contributed by atoms with E-state index >= 15 is 0 Å². The zero-order valence-corrected chi connectivity index (χ0v) is 8.68. The summed E-state index contributed by atoms with van der Waals surface area (Å²) in [6.07, 6.45) is 4.96. The normalized spacial score (nSPS) is 10.7. The summed E-state index contributed by atoms with van der Waals surface area (Å²) in [6.45, 7) is 4.52. The average Bonchev–Trinajstić information content (AvgIpc) is 2.87. The van der Waals surface area contributed by atoms with Crippen molar-refractivity contribution in [3.05, 3.63) is 36.3 Å². The highest BCUT2D eigenvalue weighted by atomic mass is 16.3. The molecule has 0 unspecified atom stereocenters. The molecule has 5 heteroatoms. The van der Waals surface area contributed by atoms with Crippen molar-refractivity contribution in [2.24, 2.45) is 0 Å². The van der Waals surface area contributed by atoms with Crippen LogP contribution in [0.1, 0.15) is 18.2 Å². The van der Waals surface area contributed by atoms with Crippen LogP contribution in [-0.2, 0) is 13.1 Å². The minimum Gasteiger partial charge on any atom is -0.467 e. The minimum absolute atomic E-state index is 0.631.